The van der Waals surface area contributed by atoms with Gasteiger partial charge in [-0.1, -0.05) is 11.6 Å². The van der Waals surface area contributed by atoms with E-state index in [-0.39, 0.29) is 23.5 Å². The normalized spacial score (nSPS) is 11.3. The van der Waals surface area contributed by atoms with Crippen molar-refractivity contribution in [2.24, 2.45) is 0 Å². The van der Waals surface area contributed by atoms with Gasteiger partial charge in [-0.2, -0.15) is 8.78 Å². The van der Waals surface area contributed by atoms with Crippen molar-refractivity contribution in [3.8, 4) is 11.5 Å². The Morgan fingerprint density at radius 1 is 1.15 bits per heavy atom. The van der Waals surface area contributed by atoms with Crippen LogP contribution in [0.3, 0.4) is 0 Å². The molecule has 34 heavy (non-hydrogen) atoms. The molecule has 0 radical (unpaired) electrons. The maximum atomic E-state index is 13.8. The number of benzene rings is 1. The average molecular weight is 497 g/mol. The van der Waals surface area contributed by atoms with Crippen molar-refractivity contribution in [3.63, 3.8) is 0 Å². The molecular formula is C22H24ClF3N6O2. The van der Waals surface area contributed by atoms with Crippen LogP contribution in [-0.4, -0.2) is 64.7 Å². The number of nitrogens with zero attached hydrogens (tertiary/aromatic N) is 6. The molecule has 12 heteroatoms. The molecule has 0 N–H and O–H groups in total. The van der Waals surface area contributed by atoms with Crippen molar-refractivity contribution in [3.05, 3.63) is 59.0 Å². The van der Waals surface area contributed by atoms with Gasteiger partial charge in [-0.3, -0.25) is 9.88 Å². The van der Waals surface area contributed by atoms with Crippen molar-refractivity contribution in [1.29, 1.82) is 0 Å². The van der Waals surface area contributed by atoms with Crippen LogP contribution in [0, 0.1) is 5.82 Å². The molecule has 0 aliphatic rings. The largest absolute Gasteiger partial charge is 0.415 e. The molecule has 2 aromatic heterocycles. The fraction of sp³-hybridized carbons (Fsp3) is 0.364. The molecule has 0 atom stereocenters. The summed E-state index contributed by atoms with van der Waals surface area (Å²) in [5.41, 5.74) is 1.26. The molecule has 0 saturated heterocycles. The number of carbonyl (C=O) groups excluding carboxylic acids is 1. The molecule has 3 aromatic rings. The summed E-state index contributed by atoms with van der Waals surface area (Å²) < 4.78 is 44.1. The molecule has 2 amide bonds. The van der Waals surface area contributed by atoms with Crippen molar-refractivity contribution in [1.82, 2.24) is 25.0 Å². The lowest BCUT2D eigenvalue weighted by atomic mass is 10.2. The predicted molar refractivity (Wildman–Crippen MR) is 121 cm³/mol. The third-order valence-electron chi connectivity index (χ3n) is 4.93. The summed E-state index contributed by atoms with van der Waals surface area (Å²) in [7, 11) is 3.82. The quantitative estimate of drug-likeness (QED) is 0.420. The van der Waals surface area contributed by atoms with Gasteiger partial charge in [-0.05, 0) is 51.4 Å². The number of alkyl halides is 2. The number of aromatic nitrogens is 3. The Labute approximate surface area is 199 Å². The fourth-order valence-electron chi connectivity index (χ4n) is 3.05. The number of hydrogen-bond donors (Lipinski definition) is 0. The first-order valence-corrected chi connectivity index (χ1v) is 10.8. The Morgan fingerprint density at radius 2 is 1.91 bits per heavy atom. The number of carbonyl (C=O) groups is 1. The van der Waals surface area contributed by atoms with E-state index in [2.05, 4.69) is 15.2 Å². The van der Waals surface area contributed by atoms with Crippen LogP contribution in [0.2, 0.25) is 5.02 Å². The molecule has 3 rings (SSSR count). The van der Waals surface area contributed by atoms with Gasteiger partial charge in [0.15, 0.2) is 0 Å². The molecular weight excluding hydrogens is 473 g/mol. The van der Waals surface area contributed by atoms with Crippen LogP contribution in [0.1, 0.15) is 24.9 Å². The van der Waals surface area contributed by atoms with E-state index in [1.54, 1.807) is 17.0 Å². The van der Waals surface area contributed by atoms with E-state index < -0.39 is 18.1 Å². The third-order valence-corrected chi connectivity index (χ3v) is 5.22. The van der Waals surface area contributed by atoms with E-state index in [9.17, 15) is 18.0 Å². The smallest absolute Gasteiger partial charge is 0.324 e. The number of anilines is 1. The van der Waals surface area contributed by atoms with Crippen LogP contribution >= 0.6 is 11.6 Å². The minimum absolute atomic E-state index is 0.0612. The molecule has 0 unspecified atom stereocenters. The van der Waals surface area contributed by atoms with Gasteiger partial charge in [-0.15, -0.1) is 10.2 Å². The van der Waals surface area contributed by atoms with Crippen LogP contribution in [0.4, 0.5) is 23.7 Å². The number of rotatable bonds is 9. The Bertz CT molecular complexity index is 1110. The highest BCUT2D eigenvalue weighted by Crippen LogP contribution is 2.26. The van der Waals surface area contributed by atoms with E-state index in [1.165, 1.54) is 29.3 Å². The molecule has 0 aliphatic heterocycles. The van der Waals surface area contributed by atoms with Gasteiger partial charge in [0.05, 0.1) is 22.8 Å². The summed E-state index contributed by atoms with van der Waals surface area (Å²) in [6.07, 6.45) is -1.48. The second-order valence-corrected chi connectivity index (χ2v) is 8.04. The molecule has 0 saturated carbocycles. The maximum absolute atomic E-state index is 13.8. The van der Waals surface area contributed by atoms with Gasteiger partial charge in [0, 0.05) is 31.5 Å². The minimum Gasteiger partial charge on any atom is -0.415 e. The first-order chi connectivity index (χ1) is 16.2. The number of hydrogen-bond acceptors (Lipinski definition) is 6. The molecule has 8 nitrogen and oxygen atoms in total. The van der Waals surface area contributed by atoms with Crippen LogP contribution < -0.4 is 4.90 Å². The van der Waals surface area contributed by atoms with E-state index in [4.69, 9.17) is 16.0 Å². The van der Waals surface area contributed by atoms with Gasteiger partial charge in [0.1, 0.15) is 5.82 Å². The van der Waals surface area contributed by atoms with Crippen LogP contribution in [-0.2, 0) is 6.54 Å². The van der Waals surface area contributed by atoms with E-state index in [0.29, 0.717) is 36.6 Å². The minimum atomic E-state index is -2.87. The summed E-state index contributed by atoms with van der Waals surface area (Å²) in [4.78, 5) is 22.8. The zero-order valence-corrected chi connectivity index (χ0v) is 19.6. The second kappa shape index (κ2) is 11.3. The van der Waals surface area contributed by atoms with Gasteiger partial charge >= 0.3 is 12.5 Å². The Hall–Kier alpha value is -3.18. The zero-order valence-electron chi connectivity index (χ0n) is 18.9. The lowest BCUT2D eigenvalue weighted by molar-refractivity contribution is 0.116. The first-order valence-electron chi connectivity index (χ1n) is 10.4. The van der Waals surface area contributed by atoms with Crippen LogP contribution in [0.15, 0.2) is 40.9 Å². The molecule has 0 spiro atoms. The van der Waals surface area contributed by atoms with Gasteiger partial charge in [0.2, 0.25) is 5.89 Å². The summed E-state index contributed by atoms with van der Waals surface area (Å²) in [6.45, 7) is 3.55. The van der Waals surface area contributed by atoms with Crippen molar-refractivity contribution in [2.75, 3.05) is 38.6 Å². The van der Waals surface area contributed by atoms with E-state index in [1.807, 2.05) is 25.9 Å². The SMILES string of the molecule is CCN(CCN(C)C)C(=O)N(Cc1ccc(-c2nnc(C(F)F)o2)cn1)c1ccc(F)c(Cl)c1. The molecule has 2 heterocycles. The fourth-order valence-corrected chi connectivity index (χ4v) is 3.22. The molecule has 0 bridgehead atoms. The highest BCUT2D eigenvalue weighted by molar-refractivity contribution is 6.31. The highest BCUT2D eigenvalue weighted by atomic mass is 35.5. The zero-order chi connectivity index (χ0) is 24.8. The van der Waals surface area contributed by atoms with Crippen molar-refractivity contribution >= 4 is 23.3 Å². The number of pyridine rings is 1. The maximum Gasteiger partial charge on any atom is 0.324 e. The van der Waals surface area contributed by atoms with Crippen molar-refractivity contribution < 1.29 is 22.4 Å². The van der Waals surface area contributed by atoms with Gasteiger partial charge in [-0.25, -0.2) is 9.18 Å². The summed E-state index contributed by atoms with van der Waals surface area (Å²) in [5.74, 6) is -1.46. The highest BCUT2D eigenvalue weighted by Gasteiger charge is 2.23. The summed E-state index contributed by atoms with van der Waals surface area (Å²) >= 11 is 5.97. The summed E-state index contributed by atoms with van der Waals surface area (Å²) in [5, 5.41) is 6.79. The van der Waals surface area contributed by atoms with E-state index >= 15 is 0 Å². The second-order valence-electron chi connectivity index (χ2n) is 7.63. The number of amides is 2. The van der Waals surface area contributed by atoms with E-state index in [0.717, 1.165) is 0 Å². The van der Waals surface area contributed by atoms with Crippen LogP contribution in [0.25, 0.3) is 11.5 Å². The Morgan fingerprint density at radius 3 is 2.47 bits per heavy atom. The molecule has 1 aromatic carbocycles. The number of halogens is 4. The third kappa shape index (κ3) is 6.23. The lowest BCUT2D eigenvalue weighted by Gasteiger charge is -2.31. The lowest BCUT2D eigenvalue weighted by Crippen LogP contribution is -2.45. The summed E-state index contributed by atoms with van der Waals surface area (Å²) in [6, 6.07) is 6.94. The average Bonchev–Trinajstić information content (AvgIpc) is 3.30. The number of likely N-dealkylation sites (N-methyl/N-ethyl adjacent to an activating group) is 2. The Kier molecular flexibility index (Phi) is 8.46. The number of urea groups is 1. The molecule has 0 aliphatic carbocycles. The standard InChI is InChI=1S/C22H24ClF3N6O2/c1-4-31(10-9-30(2)3)22(33)32(16-7-8-18(24)17(23)11-16)13-15-6-5-14(12-27-15)20-28-29-21(34-20)19(25)26/h5-8,11-12,19H,4,9-10,13H2,1-3H3. The monoisotopic (exact) mass is 496 g/mol. The Balaban J connectivity index is 1.87. The van der Waals surface area contributed by atoms with Gasteiger partial charge in [0.25, 0.3) is 5.89 Å². The predicted octanol–water partition coefficient (Wildman–Crippen LogP) is 4.87. The first kappa shape index (κ1) is 25.4. The molecule has 0 fully saturated rings. The van der Waals surface area contributed by atoms with Crippen LogP contribution in [0.5, 0.6) is 0 Å². The molecule has 182 valence electrons. The van der Waals surface area contributed by atoms with Crippen molar-refractivity contribution in [2.45, 2.75) is 19.9 Å². The topological polar surface area (TPSA) is 78.6 Å². The van der Waals surface area contributed by atoms with Gasteiger partial charge < -0.3 is 14.2 Å².